The van der Waals surface area contributed by atoms with E-state index in [1.54, 1.807) is 6.08 Å². The molecular formula is C18H25F3O. The Morgan fingerprint density at radius 1 is 1.32 bits per heavy atom. The number of aliphatic hydroxyl groups is 1. The first kappa shape index (κ1) is 18.8. The zero-order valence-corrected chi connectivity index (χ0v) is 13.7. The Kier molecular flexibility index (Phi) is 6.24. The van der Waals surface area contributed by atoms with Gasteiger partial charge in [0.15, 0.2) is 6.10 Å². The highest BCUT2D eigenvalue weighted by atomic mass is 19.4. The largest absolute Gasteiger partial charge is 0.417 e. The minimum Gasteiger partial charge on any atom is -0.380 e. The highest BCUT2D eigenvalue weighted by Gasteiger charge is 2.35. The highest BCUT2D eigenvalue weighted by Crippen LogP contribution is 2.40. The summed E-state index contributed by atoms with van der Waals surface area (Å²) < 4.78 is 36.5. The summed E-state index contributed by atoms with van der Waals surface area (Å²) in [6, 6.07) is 0. The second kappa shape index (κ2) is 7.32. The molecule has 22 heavy (non-hydrogen) atoms. The van der Waals surface area contributed by atoms with Gasteiger partial charge in [-0.05, 0) is 50.2 Å². The summed E-state index contributed by atoms with van der Waals surface area (Å²) in [4.78, 5) is 0. The Balaban J connectivity index is 2.77. The zero-order valence-electron chi connectivity index (χ0n) is 13.7. The number of allylic oxidation sites excluding steroid dienone is 7. The van der Waals surface area contributed by atoms with Crippen molar-refractivity contribution >= 4 is 0 Å². The van der Waals surface area contributed by atoms with E-state index in [1.807, 2.05) is 13.0 Å². The van der Waals surface area contributed by atoms with Gasteiger partial charge in [0.2, 0.25) is 0 Å². The van der Waals surface area contributed by atoms with Gasteiger partial charge in [-0.3, -0.25) is 0 Å². The third-order valence-electron chi connectivity index (χ3n) is 4.04. The topological polar surface area (TPSA) is 20.2 Å². The first-order valence-electron chi connectivity index (χ1n) is 7.52. The van der Waals surface area contributed by atoms with Gasteiger partial charge in [0.05, 0.1) is 0 Å². The smallest absolute Gasteiger partial charge is 0.380 e. The van der Waals surface area contributed by atoms with E-state index in [1.165, 1.54) is 23.6 Å². The molecule has 0 aromatic rings. The Bertz CT molecular complexity index is 505. The predicted molar refractivity (Wildman–Crippen MR) is 84.4 cm³/mol. The van der Waals surface area contributed by atoms with Gasteiger partial charge in [-0.15, -0.1) is 0 Å². The lowest BCUT2D eigenvalue weighted by Gasteiger charge is -2.32. The summed E-state index contributed by atoms with van der Waals surface area (Å²) >= 11 is 0. The van der Waals surface area contributed by atoms with Crippen molar-refractivity contribution in [2.75, 3.05) is 0 Å². The van der Waals surface area contributed by atoms with E-state index in [0.29, 0.717) is 0 Å². The van der Waals surface area contributed by atoms with Gasteiger partial charge in [-0.1, -0.05) is 49.3 Å². The lowest BCUT2D eigenvalue weighted by molar-refractivity contribution is -0.187. The van der Waals surface area contributed by atoms with E-state index in [4.69, 9.17) is 5.11 Å². The molecule has 1 atom stereocenters. The van der Waals surface area contributed by atoms with E-state index >= 15 is 0 Å². The molecule has 0 saturated carbocycles. The van der Waals surface area contributed by atoms with Crippen LogP contribution in [0.5, 0.6) is 0 Å². The maximum atomic E-state index is 12.2. The molecule has 4 heteroatoms. The third kappa shape index (κ3) is 5.48. The average molecular weight is 314 g/mol. The van der Waals surface area contributed by atoms with Crippen LogP contribution < -0.4 is 0 Å². The fraction of sp³-hybridized carbons (Fsp3) is 0.556. The van der Waals surface area contributed by atoms with Crippen LogP contribution >= 0.6 is 0 Å². The van der Waals surface area contributed by atoms with Crippen LogP contribution in [-0.4, -0.2) is 17.4 Å². The molecule has 0 amide bonds. The molecule has 0 radical (unpaired) electrons. The van der Waals surface area contributed by atoms with Crippen molar-refractivity contribution in [2.45, 2.75) is 59.2 Å². The van der Waals surface area contributed by atoms with Crippen LogP contribution in [-0.2, 0) is 0 Å². The second-order valence-electron chi connectivity index (χ2n) is 6.55. The molecule has 0 aromatic carbocycles. The van der Waals surface area contributed by atoms with Gasteiger partial charge in [0.1, 0.15) is 0 Å². The number of alkyl halides is 3. The van der Waals surface area contributed by atoms with Gasteiger partial charge in [-0.25, -0.2) is 0 Å². The lowest BCUT2D eigenvalue weighted by Crippen LogP contribution is -2.25. The van der Waals surface area contributed by atoms with Crippen molar-refractivity contribution in [3.63, 3.8) is 0 Å². The number of hydrogen-bond donors (Lipinski definition) is 1. The van der Waals surface area contributed by atoms with Crippen molar-refractivity contribution in [3.05, 3.63) is 47.1 Å². The van der Waals surface area contributed by atoms with Gasteiger partial charge >= 0.3 is 6.18 Å². The Morgan fingerprint density at radius 3 is 2.50 bits per heavy atom. The number of halogens is 3. The van der Waals surface area contributed by atoms with Crippen molar-refractivity contribution in [2.24, 2.45) is 5.41 Å². The maximum absolute atomic E-state index is 12.2. The molecule has 1 rings (SSSR count). The fourth-order valence-electron chi connectivity index (χ4n) is 2.70. The molecular weight excluding hydrogens is 289 g/mol. The minimum absolute atomic E-state index is 0.140. The van der Waals surface area contributed by atoms with Crippen molar-refractivity contribution in [1.82, 2.24) is 0 Å². The van der Waals surface area contributed by atoms with Crippen molar-refractivity contribution in [1.29, 1.82) is 0 Å². The summed E-state index contributed by atoms with van der Waals surface area (Å²) in [5.41, 5.74) is 3.67. The van der Waals surface area contributed by atoms with Gasteiger partial charge in [-0.2, -0.15) is 13.2 Å². The quantitative estimate of drug-likeness (QED) is 0.680. The normalized spacial score (nSPS) is 21.9. The average Bonchev–Trinajstić information content (AvgIpc) is 2.36. The number of rotatable bonds is 4. The van der Waals surface area contributed by atoms with Gasteiger partial charge in [0.25, 0.3) is 0 Å². The van der Waals surface area contributed by atoms with E-state index < -0.39 is 12.3 Å². The molecule has 1 aliphatic rings. The Labute approximate surface area is 130 Å². The van der Waals surface area contributed by atoms with E-state index in [2.05, 4.69) is 26.8 Å². The van der Waals surface area contributed by atoms with Gasteiger partial charge in [0, 0.05) is 0 Å². The summed E-state index contributed by atoms with van der Waals surface area (Å²) in [5.74, 6) is 0. The zero-order chi connectivity index (χ0) is 17.0. The van der Waals surface area contributed by atoms with Crippen LogP contribution in [0.3, 0.4) is 0 Å². The summed E-state index contributed by atoms with van der Waals surface area (Å²) in [7, 11) is 0. The molecule has 0 heterocycles. The maximum Gasteiger partial charge on any atom is 0.417 e. The lowest BCUT2D eigenvalue weighted by atomic mass is 9.72. The molecule has 124 valence electrons. The molecule has 0 spiro atoms. The van der Waals surface area contributed by atoms with Crippen LogP contribution in [0.25, 0.3) is 0 Å². The monoisotopic (exact) mass is 314 g/mol. The van der Waals surface area contributed by atoms with Crippen molar-refractivity contribution < 1.29 is 18.3 Å². The van der Waals surface area contributed by atoms with E-state index in [-0.39, 0.29) is 5.41 Å². The summed E-state index contributed by atoms with van der Waals surface area (Å²) in [5, 5.41) is 8.87. The highest BCUT2D eigenvalue weighted by molar-refractivity contribution is 5.36. The van der Waals surface area contributed by atoms with E-state index in [0.717, 1.165) is 24.5 Å². The first-order valence-corrected chi connectivity index (χ1v) is 7.52. The summed E-state index contributed by atoms with van der Waals surface area (Å²) in [6.45, 7) is 8.40. The van der Waals surface area contributed by atoms with Gasteiger partial charge < -0.3 is 5.11 Å². The first-order chi connectivity index (χ1) is 10.0. The molecule has 1 unspecified atom stereocenters. The van der Waals surface area contributed by atoms with E-state index in [9.17, 15) is 13.2 Å². The minimum atomic E-state index is -4.61. The third-order valence-corrected chi connectivity index (χ3v) is 4.04. The van der Waals surface area contributed by atoms with Crippen LogP contribution in [0.4, 0.5) is 13.2 Å². The second-order valence-corrected chi connectivity index (χ2v) is 6.55. The van der Waals surface area contributed by atoms with Crippen LogP contribution in [0.2, 0.25) is 0 Å². The van der Waals surface area contributed by atoms with Crippen LogP contribution in [0.1, 0.15) is 47.0 Å². The molecule has 0 bridgehead atoms. The molecule has 1 nitrogen and oxygen atoms in total. The standard InChI is InChI=1S/C18H25F3O/c1-13(7-5-9-16(22)18(19,20)21)10-11-15-14(2)8-6-12-17(15,3)4/h5,7,9-11,16,22H,6,8,12H2,1-4H3/b9-5+,11-10+,13-7+. The molecule has 0 aromatic heterocycles. The molecule has 0 fully saturated rings. The van der Waals surface area contributed by atoms with Crippen molar-refractivity contribution in [3.8, 4) is 0 Å². The molecule has 0 aliphatic heterocycles. The SMILES string of the molecule is CC1=C(/C=C/C(C)=C/C=C/C(O)C(F)(F)F)C(C)(C)CCC1. The predicted octanol–water partition coefficient (Wildman–Crippen LogP) is 5.49. The van der Waals surface area contributed by atoms with Crippen LogP contribution in [0.15, 0.2) is 47.1 Å². The molecule has 1 aliphatic carbocycles. The number of aliphatic hydroxyl groups excluding tert-OH is 1. The number of hydrogen-bond acceptors (Lipinski definition) is 1. The summed E-state index contributed by atoms with van der Waals surface area (Å²) in [6.07, 6.45) is 3.95. The molecule has 0 saturated heterocycles. The fourth-order valence-corrected chi connectivity index (χ4v) is 2.70. The Morgan fingerprint density at radius 2 is 1.95 bits per heavy atom. The Hall–Kier alpha value is -1.29. The molecule has 1 N–H and O–H groups in total. The van der Waals surface area contributed by atoms with Crippen LogP contribution in [0, 0.1) is 5.41 Å².